The van der Waals surface area contributed by atoms with Crippen LogP contribution in [0.5, 0.6) is 0 Å². The van der Waals surface area contributed by atoms with E-state index in [-0.39, 0.29) is 0 Å². The maximum atomic E-state index is 4.96. The van der Waals surface area contributed by atoms with Gasteiger partial charge in [0, 0.05) is 61.6 Å². The zero-order valence-electron chi connectivity index (χ0n) is 21.8. The van der Waals surface area contributed by atoms with E-state index in [1.54, 1.807) is 0 Å². The fourth-order valence-electron chi connectivity index (χ4n) is 4.96. The molecule has 0 atom stereocenters. The number of hydrogen-bond donors (Lipinski definition) is 1. The largest absolute Gasteiger partial charge is 0.378 e. The molecule has 0 amide bonds. The van der Waals surface area contributed by atoms with Crippen LogP contribution in [0.1, 0.15) is 48.2 Å². The van der Waals surface area contributed by atoms with E-state index < -0.39 is 0 Å². The summed E-state index contributed by atoms with van der Waals surface area (Å²) in [5.74, 6) is 0.815. The molecule has 1 aliphatic heterocycles. The second kappa shape index (κ2) is 9.64. The van der Waals surface area contributed by atoms with Gasteiger partial charge in [0.2, 0.25) is 5.95 Å². The summed E-state index contributed by atoms with van der Waals surface area (Å²) < 4.78 is 4.28. The van der Waals surface area contributed by atoms with E-state index in [2.05, 4.69) is 58.5 Å². The van der Waals surface area contributed by atoms with Crippen LogP contribution >= 0.6 is 0 Å². The molecular formula is C29H35N7. The first-order chi connectivity index (χ1) is 17.3. The highest BCUT2D eigenvalue weighted by Crippen LogP contribution is 2.30. The molecule has 1 aliphatic rings. The van der Waals surface area contributed by atoms with E-state index in [0.717, 1.165) is 88.7 Å². The van der Waals surface area contributed by atoms with Crippen LogP contribution in [0.4, 0.5) is 5.95 Å². The molecule has 0 aliphatic carbocycles. The number of hydrogen-bond acceptors (Lipinski definition) is 5. The average Bonchev–Trinajstić information content (AvgIpc) is 3.38. The van der Waals surface area contributed by atoms with E-state index in [9.17, 15) is 0 Å². The highest BCUT2D eigenvalue weighted by molar-refractivity contribution is 5.85. The Hall–Kier alpha value is -3.87. The number of rotatable bonds is 2. The number of nitrogens with zero attached hydrogens (tertiary/aromatic N) is 6. The number of nitrogens with one attached hydrogen (secondary N) is 1. The molecule has 7 heteroatoms. The molecule has 0 fully saturated rings. The average molecular weight is 482 g/mol. The SMILES string of the molecule is C=C1Nc2nc3ccc(C(=C)N(C)C)cc3n2CCCCCCc2c(cnn2C)-c2cc1cc(C)n2. The van der Waals surface area contributed by atoms with Crippen molar-refractivity contribution in [1.82, 2.24) is 29.2 Å². The fraction of sp³-hybridized carbons (Fsp3) is 0.345. The van der Waals surface area contributed by atoms with Crippen LogP contribution < -0.4 is 5.32 Å². The third kappa shape index (κ3) is 4.53. The molecule has 186 valence electrons. The number of fused-ring (bicyclic) bond motifs is 7. The lowest BCUT2D eigenvalue weighted by molar-refractivity contribution is 0.573. The number of pyridine rings is 1. The van der Waals surface area contributed by atoms with Crippen molar-refractivity contribution < 1.29 is 0 Å². The van der Waals surface area contributed by atoms with Crippen molar-refractivity contribution in [2.45, 2.75) is 45.6 Å². The molecule has 0 saturated carbocycles. The van der Waals surface area contributed by atoms with Gasteiger partial charge in [0.1, 0.15) is 0 Å². The molecule has 5 rings (SSSR count). The Morgan fingerprint density at radius 3 is 2.67 bits per heavy atom. The Balaban J connectivity index is 1.58. The Labute approximate surface area is 213 Å². The maximum Gasteiger partial charge on any atom is 0.208 e. The Morgan fingerprint density at radius 1 is 1.06 bits per heavy atom. The smallest absolute Gasteiger partial charge is 0.208 e. The highest BCUT2D eigenvalue weighted by Gasteiger charge is 2.17. The molecule has 0 saturated heterocycles. The van der Waals surface area contributed by atoms with E-state index in [1.165, 1.54) is 12.1 Å². The van der Waals surface area contributed by atoms with Crippen molar-refractivity contribution in [3.8, 4) is 11.3 Å². The minimum absolute atomic E-state index is 0.802. The van der Waals surface area contributed by atoms with Gasteiger partial charge < -0.3 is 14.8 Å². The Bertz CT molecular complexity index is 1450. The van der Waals surface area contributed by atoms with Crippen molar-refractivity contribution in [2.75, 3.05) is 19.4 Å². The van der Waals surface area contributed by atoms with Gasteiger partial charge in [0.05, 0.1) is 22.9 Å². The van der Waals surface area contributed by atoms with Crippen LogP contribution in [0, 0.1) is 6.92 Å². The van der Waals surface area contributed by atoms with Crippen molar-refractivity contribution in [3.63, 3.8) is 0 Å². The minimum atomic E-state index is 0.802. The van der Waals surface area contributed by atoms with Crippen LogP contribution in [-0.4, -0.2) is 43.3 Å². The maximum absolute atomic E-state index is 4.96. The third-order valence-electron chi connectivity index (χ3n) is 7.07. The van der Waals surface area contributed by atoms with Crippen molar-refractivity contribution in [1.29, 1.82) is 0 Å². The molecule has 36 heavy (non-hydrogen) atoms. The summed E-state index contributed by atoms with van der Waals surface area (Å²) in [6.45, 7) is 11.5. The summed E-state index contributed by atoms with van der Waals surface area (Å²) in [4.78, 5) is 11.8. The summed E-state index contributed by atoms with van der Waals surface area (Å²) in [5, 5.41) is 8.08. The summed E-state index contributed by atoms with van der Waals surface area (Å²) >= 11 is 0. The van der Waals surface area contributed by atoms with Gasteiger partial charge >= 0.3 is 0 Å². The van der Waals surface area contributed by atoms with Crippen molar-refractivity contribution in [2.24, 2.45) is 7.05 Å². The van der Waals surface area contributed by atoms with E-state index in [0.29, 0.717) is 0 Å². The van der Waals surface area contributed by atoms with E-state index in [4.69, 9.17) is 9.97 Å². The van der Waals surface area contributed by atoms with Crippen molar-refractivity contribution in [3.05, 3.63) is 72.2 Å². The molecule has 0 unspecified atom stereocenters. The normalized spacial score (nSPS) is 14.4. The summed E-state index contributed by atoms with van der Waals surface area (Å²) in [6, 6.07) is 10.6. The number of aromatic nitrogens is 5. The number of imidazole rings is 1. The van der Waals surface area contributed by atoms with Gasteiger partial charge in [0.25, 0.3) is 0 Å². The molecule has 4 aromatic rings. The zero-order valence-corrected chi connectivity index (χ0v) is 21.8. The number of anilines is 1. The molecule has 1 N–H and O–H groups in total. The first-order valence-corrected chi connectivity index (χ1v) is 12.6. The fourth-order valence-corrected chi connectivity index (χ4v) is 4.96. The Kier molecular flexibility index (Phi) is 6.39. The van der Waals surface area contributed by atoms with Crippen LogP contribution in [0.25, 0.3) is 33.7 Å². The molecule has 1 aromatic carbocycles. The van der Waals surface area contributed by atoms with Crippen LogP contribution in [-0.2, 0) is 20.0 Å². The number of benzene rings is 1. The highest BCUT2D eigenvalue weighted by atomic mass is 15.3. The second-order valence-electron chi connectivity index (χ2n) is 9.91. The second-order valence-corrected chi connectivity index (χ2v) is 9.91. The van der Waals surface area contributed by atoms with Gasteiger partial charge in [-0.25, -0.2) is 4.98 Å². The lowest BCUT2D eigenvalue weighted by Crippen LogP contribution is -2.09. The first-order valence-electron chi connectivity index (χ1n) is 12.6. The molecule has 7 nitrogen and oxygen atoms in total. The first kappa shape index (κ1) is 23.9. The predicted octanol–water partition coefficient (Wildman–Crippen LogP) is 5.87. The summed E-state index contributed by atoms with van der Waals surface area (Å²) in [7, 11) is 6.06. The van der Waals surface area contributed by atoms with Crippen LogP contribution in [0.15, 0.2) is 49.7 Å². The summed E-state index contributed by atoms with van der Waals surface area (Å²) in [6.07, 6.45) is 7.46. The standard InChI is InChI=1S/C29H35N7/c1-19-15-23-16-26(31-19)24-18-30-35(6)27(24)11-9-7-8-10-14-36-28-17-22(21(3)34(4)5)12-13-25(28)33-29(36)32-20(23)2/h12-13,15-18H,2-3,7-11,14H2,1,4-6H3,(H,32,33). The minimum Gasteiger partial charge on any atom is -0.378 e. The van der Waals surface area contributed by atoms with Crippen molar-refractivity contribution >= 4 is 28.4 Å². The lowest BCUT2D eigenvalue weighted by Gasteiger charge is -2.16. The van der Waals surface area contributed by atoms with Crippen LogP contribution in [0.2, 0.25) is 0 Å². The van der Waals surface area contributed by atoms with Gasteiger partial charge in [-0.2, -0.15) is 5.10 Å². The predicted molar refractivity (Wildman–Crippen MR) is 148 cm³/mol. The van der Waals surface area contributed by atoms with Gasteiger partial charge in [0.15, 0.2) is 0 Å². The van der Waals surface area contributed by atoms with Gasteiger partial charge in [-0.3, -0.25) is 9.67 Å². The lowest BCUT2D eigenvalue weighted by atomic mass is 10.0. The number of aryl methyl sites for hydroxylation is 3. The molecule has 2 bridgehead atoms. The van der Waals surface area contributed by atoms with E-state index in [1.807, 2.05) is 43.8 Å². The third-order valence-corrected chi connectivity index (χ3v) is 7.07. The molecule has 0 radical (unpaired) electrons. The molecule has 4 heterocycles. The molecule has 3 aromatic heterocycles. The Morgan fingerprint density at radius 2 is 1.86 bits per heavy atom. The van der Waals surface area contributed by atoms with E-state index >= 15 is 0 Å². The molecular weight excluding hydrogens is 446 g/mol. The van der Waals surface area contributed by atoms with Gasteiger partial charge in [-0.05, 0) is 56.0 Å². The monoisotopic (exact) mass is 481 g/mol. The topological polar surface area (TPSA) is 63.8 Å². The molecule has 0 spiro atoms. The van der Waals surface area contributed by atoms with Gasteiger partial charge in [-0.15, -0.1) is 0 Å². The quantitative estimate of drug-likeness (QED) is 0.388. The van der Waals surface area contributed by atoms with Crippen LogP contribution in [0.3, 0.4) is 0 Å². The summed E-state index contributed by atoms with van der Waals surface area (Å²) in [5.41, 5.74) is 10.2. The van der Waals surface area contributed by atoms with Gasteiger partial charge in [-0.1, -0.05) is 32.1 Å². The zero-order chi connectivity index (χ0) is 25.4.